The summed E-state index contributed by atoms with van der Waals surface area (Å²) in [4.78, 5) is 20.7. The van der Waals surface area contributed by atoms with E-state index in [1.54, 1.807) is 0 Å². The van der Waals surface area contributed by atoms with Crippen LogP contribution in [0.2, 0.25) is 0 Å². The Balaban J connectivity index is 0. The van der Waals surface area contributed by atoms with Crippen molar-refractivity contribution in [2.45, 2.75) is 19.4 Å². The van der Waals surface area contributed by atoms with Crippen LogP contribution in [0, 0.1) is 0 Å². The van der Waals surface area contributed by atoms with Crippen LogP contribution in [0.3, 0.4) is 0 Å². The number of likely N-dealkylation sites (N-methyl/N-ethyl adjacent to an activating group) is 1. The first-order valence-corrected chi connectivity index (χ1v) is 2.97. The second-order valence-corrected chi connectivity index (χ2v) is 2.09. The van der Waals surface area contributed by atoms with Gasteiger partial charge < -0.3 is 10.4 Å². The molecule has 0 fully saturated rings. The predicted octanol–water partition coefficient (Wildman–Crippen LogP) is -0.364. The molecule has 5 heteroatoms. The third-order valence-electron chi connectivity index (χ3n) is 1.14. The van der Waals surface area contributed by atoms with Gasteiger partial charge in [-0.1, -0.05) is 0 Å². The molecule has 0 aromatic rings. The zero-order valence-electron chi connectivity index (χ0n) is 6.36. The summed E-state index contributed by atoms with van der Waals surface area (Å²) >= 11 is 0. The van der Waals surface area contributed by atoms with Gasteiger partial charge >= 0.3 is 5.97 Å². The van der Waals surface area contributed by atoms with E-state index < -0.39 is 12.0 Å². The van der Waals surface area contributed by atoms with Crippen LogP contribution in [0.1, 0.15) is 13.3 Å². The molecule has 0 heterocycles. The first-order chi connectivity index (χ1) is 4.57. The van der Waals surface area contributed by atoms with Crippen molar-refractivity contribution >= 4 is 11.8 Å². The molecule has 0 spiro atoms. The molecule has 0 radical (unpaired) electrons. The molecule has 0 aliphatic carbocycles. The van der Waals surface area contributed by atoms with Gasteiger partial charge in [0.1, 0.15) is 11.8 Å². The molecule has 0 saturated heterocycles. The number of Topliss-reactive ketones (excluding diaryl/α,β-unsaturated/α-hetero) is 1. The average Bonchev–Trinajstić information content (AvgIpc) is 1.81. The van der Waals surface area contributed by atoms with Crippen LogP contribution >= 0.6 is 0 Å². The summed E-state index contributed by atoms with van der Waals surface area (Å²) in [7, 11) is 1.52. The van der Waals surface area contributed by atoms with Gasteiger partial charge in [-0.25, -0.2) is 0 Å². The van der Waals surface area contributed by atoms with E-state index >= 15 is 0 Å². The Morgan fingerprint density at radius 2 is 2.00 bits per heavy atom. The molecule has 0 rings (SSSR count). The van der Waals surface area contributed by atoms with Crippen molar-refractivity contribution in [2.24, 2.45) is 0 Å². The summed E-state index contributed by atoms with van der Waals surface area (Å²) in [5, 5.41) is 10.9. The van der Waals surface area contributed by atoms with E-state index in [-0.39, 0.29) is 28.7 Å². The number of aliphatic carboxylic acids is 1. The van der Waals surface area contributed by atoms with E-state index in [1.165, 1.54) is 14.0 Å². The summed E-state index contributed by atoms with van der Waals surface area (Å²) < 4.78 is 0. The number of carbonyl (C=O) groups is 2. The second kappa shape index (κ2) is 6.31. The van der Waals surface area contributed by atoms with E-state index in [0.29, 0.717) is 0 Å². The fourth-order valence-corrected chi connectivity index (χ4v) is 0.600. The summed E-state index contributed by atoms with van der Waals surface area (Å²) in [6.45, 7) is 1.37. The standard InChI is InChI=1S/C6H11NO3.Ni/c1-4(8)3-5(7-2)6(9)10;/h5,7H,3H2,1-2H3,(H,9,10);. The maximum absolute atomic E-state index is 10.4. The Morgan fingerprint density at radius 3 is 2.09 bits per heavy atom. The van der Waals surface area contributed by atoms with Crippen LogP contribution < -0.4 is 5.32 Å². The number of hydrogen-bond donors (Lipinski definition) is 2. The molecule has 0 aromatic carbocycles. The minimum absolute atomic E-state index is 0. The quantitative estimate of drug-likeness (QED) is 0.613. The third kappa shape index (κ3) is 6.01. The van der Waals surface area contributed by atoms with Gasteiger partial charge in [0.15, 0.2) is 0 Å². The van der Waals surface area contributed by atoms with Gasteiger partial charge in [0.25, 0.3) is 0 Å². The first-order valence-electron chi connectivity index (χ1n) is 2.97. The van der Waals surface area contributed by atoms with Crippen LogP contribution in [-0.4, -0.2) is 29.9 Å². The van der Waals surface area contributed by atoms with Crippen molar-refractivity contribution in [2.75, 3.05) is 7.05 Å². The molecule has 0 aliphatic rings. The number of carboxylic acid groups (broad SMARTS) is 1. The van der Waals surface area contributed by atoms with Gasteiger partial charge in [0.2, 0.25) is 0 Å². The van der Waals surface area contributed by atoms with E-state index in [4.69, 9.17) is 5.11 Å². The molecule has 0 aliphatic heterocycles. The largest absolute Gasteiger partial charge is 0.480 e. The smallest absolute Gasteiger partial charge is 0.321 e. The topological polar surface area (TPSA) is 66.4 Å². The zero-order valence-corrected chi connectivity index (χ0v) is 7.35. The van der Waals surface area contributed by atoms with Crippen LogP contribution in [0.4, 0.5) is 0 Å². The molecule has 0 aromatic heterocycles. The number of ketones is 1. The van der Waals surface area contributed by atoms with Crippen LogP contribution in [0.15, 0.2) is 0 Å². The summed E-state index contributed by atoms with van der Waals surface area (Å²) in [5.74, 6) is -1.11. The van der Waals surface area contributed by atoms with E-state index in [0.717, 1.165) is 0 Å². The number of nitrogens with one attached hydrogen (secondary N) is 1. The molecular formula is C6H11NNiO3. The minimum Gasteiger partial charge on any atom is -0.480 e. The molecule has 4 nitrogen and oxygen atoms in total. The summed E-state index contributed by atoms with van der Waals surface area (Å²) in [6.07, 6.45) is 0.0475. The Kier molecular flexibility index (Phi) is 7.58. The summed E-state index contributed by atoms with van der Waals surface area (Å²) in [6, 6.07) is -0.738. The van der Waals surface area contributed by atoms with Gasteiger partial charge in [-0.2, -0.15) is 0 Å². The molecule has 2 N–H and O–H groups in total. The van der Waals surface area contributed by atoms with Gasteiger partial charge in [0.05, 0.1) is 0 Å². The number of hydrogen-bond acceptors (Lipinski definition) is 3. The van der Waals surface area contributed by atoms with Crippen molar-refractivity contribution in [3.63, 3.8) is 0 Å². The van der Waals surface area contributed by atoms with E-state index in [1.807, 2.05) is 0 Å². The SMILES string of the molecule is CNC(CC(C)=O)C(=O)O.[Ni]. The normalized spacial score (nSPS) is 11.5. The fraction of sp³-hybridized carbons (Fsp3) is 0.667. The van der Waals surface area contributed by atoms with Crippen molar-refractivity contribution in [1.82, 2.24) is 5.32 Å². The van der Waals surface area contributed by atoms with Gasteiger partial charge in [-0.05, 0) is 14.0 Å². The van der Waals surface area contributed by atoms with E-state index in [2.05, 4.69) is 5.32 Å². The van der Waals surface area contributed by atoms with Crippen molar-refractivity contribution in [3.05, 3.63) is 0 Å². The maximum atomic E-state index is 10.4. The third-order valence-corrected chi connectivity index (χ3v) is 1.14. The molecule has 0 bridgehead atoms. The van der Waals surface area contributed by atoms with Crippen LogP contribution in [0.5, 0.6) is 0 Å². The molecule has 0 saturated carbocycles. The van der Waals surface area contributed by atoms with Crippen LogP contribution in [0.25, 0.3) is 0 Å². The minimum atomic E-state index is -0.988. The summed E-state index contributed by atoms with van der Waals surface area (Å²) in [5.41, 5.74) is 0. The molecule has 11 heavy (non-hydrogen) atoms. The van der Waals surface area contributed by atoms with Crippen molar-refractivity contribution < 1.29 is 31.2 Å². The Labute approximate surface area is 75.3 Å². The molecular weight excluding hydrogens is 193 g/mol. The van der Waals surface area contributed by atoms with Crippen molar-refractivity contribution in [1.29, 1.82) is 0 Å². The van der Waals surface area contributed by atoms with Gasteiger partial charge in [-0.3, -0.25) is 9.59 Å². The monoisotopic (exact) mass is 203 g/mol. The molecule has 1 unspecified atom stereocenters. The zero-order chi connectivity index (χ0) is 8.15. The first kappa shape index (κ1) is 13.2. The van der Waals surface area contributed by atoms with Crippen LogP contribution in [-0.2, 0) is 26.1 Å². The number of carbonyl (C=O) groups excluding carboxylic acids is 1. The van der Waals surface area contributed by atoms with E-state index in [9.17, 15) is 9.59 Å². The maximum Gasteiger partial charge on any atom is 0.321 e. The molecule has 1 atom stereocenters. The molecule has 0 amide bonds. The Hall–Kier alpha value is -0.406. The van der Waals surface area contributed by atoms with Gasteiger partial charge in [0, 0.05) is 22.9 Å². The Morgan fingerprint density at radius 1 is 1.55 bits per heavy atom. The number of rotatable bonds is 4. The predicted molar refractivity (Wildman–Crippen MR) is 35.8 cm³/mol. The fourth-order valence-electron chi connectivity index (χ4n) is 0.600. The Bertz CT molecular complexity index is 149. The van der Waals surface area contributed by atoms with Crippen molar-refractivity contribution in [3.8, 4) is 0 Å². The van der Waals surface area contributed by atoms with Gasteiger partial charge in [-0.15, -0.1) is 0 Å². The molecule has 68 valence electrons. The number of carboxylic acids is 1. The average molecular weight is 204 g/mol. The second-order valence-electron chi connectivity index (χ2n) is 2.09.